The second-order valence-corrected chi connectivity index (χ2v) is 8.34. The van der Waals surface area contributed by atoms with Gasteiger partial charge in [-0.25, -0.2) is 4.98 Å². The fourth-order valence-corrected chi connectivity index (χ4v) is 4.43. The van der Waals surface area contributed by atoms with Gasteiger partial charge in [0, 0.05) is 4.88 Å². The monoisotopic (exact) mass is 417 g/mol. The third-order valence-electron chi connectivity index (χ3n) is 5.11. The largest absolute Gasteiger partial charge is 0.348 e. The number of aryl methyl sites for hydroxylation is 1. The molecule has 2 heterocycles. The molecule has 0 saturated carbocycles. The lowest BCUT2D eigenvalue weighted by atomic mass is 10.0. The van der Waals surface area contributed by atoms with Crippen LogP contribution in [-0.2, 0) is 11.3 Å². The van der Waals surface area contributed by atoms with Gasteiger partial charge < -0.3 is 5.32 Å². The van der Waals surface area contributed by atoms with E-state index in [2.05, 4.69) is 10.3 Å². The maximum atomic E-state index is 12.9. The van der Waals surface area contributed by atoms with Crippen LogP contribution in [0.25, 0.3) is 20.7 Å². The van der Waals surface area contributed by atoms with Crippen LogP contribution in [0.15, 0.2) is 71.8 Å². The van der Waals surface area contributed by atoms with Crippen LogP contribution < -0.4 is 10.9 Å². The topological polar surface area (TPSA) is 64.0 Å². The summed E-state index contributed by atoms with van der Waals surface area (Å²) in [4.78, 5) is 31.6. The predicted octanol–water partition coefficient (Wildman–Crippen LogP) is 4.70. The average Bonchev–Trinajstić information content (AvgIpc) is 3.21. The number of hydrogen-bond donors (Lipinski definition) is 1. The fourth-order valence-electron chi connectivity index (χ4n) is 3.43. The summed E-state index contributed by atoms with van der Waals surface area (Å²) in [6.07, 6.45) is 2.23. The van der Waals surface area contributed by atoms with E-state index in [0.29, 0.717) is 10.2 Å². The number of carbonyl (C=O) groups excluding carboxylic acids is 1. The number of nitrogens with one attached hydrogen (secondary N) is 1. The minimum Gasteiger partial charge on any atom is -0.348 e. The molecule has 0 spiro atoms. The molecular formula is C24H23N3O2S. The quantitative estimate of drug-likeness (QED) is 0.495. The van der Waals surface area contributed by atoms with E-state index in [1.165, 1.54) is 27.8 Å². The molecule has 0 saturated heterocycles. The van der Waals surface area contributed by atoms with Crippen LogP contribution in [-0.4, -0.2) is 15.5 Å². The molecule has 0 fully saturated rings. The van der Waals surface area contributed by atoms with E-state index >= 15 is 0 Å². The summed E-state index contributed by atoms with van der Waals surface area (Å²) in [5, 5.41) is 3.57. The van der Waals surface area contributed by atoms with Crippen molar-refractivity contribution < 1.29 is 4.79 Å². The lowest BCUT2D eigenvalue weighted by Crippen LogP contribution is -2.34. The molecule has 0 aliphatic rings. The normalized spacial score (nSPS) is 12.1. The highest BCUT2D eigenvalue weighted by Gasteiger charge is 2.15. The molecule has 5 nitrogen and oxygen atoms in total. The Morgan fingerprint density at radius 3 is 2.57 bits per heavy atom. The molecule has 0 radical (unpaired) electrons. The second-order valence-electron chi connectivity index (χ2n) is 7.31. The molecule has 6 heteroatoms. The summed E-state index contributed by atoms with van der Waals surface area (Å²) in [6, 6.07) is 19.8. The zero-order valence-corrected chi connectivity index (χ0v) is 17.8. The molecule has 1 amide bonds. The van der Waals surface area contributed by atoms with Crippen LogP contribution in [0.3, 0.4) is 0 Å². The molecule has 30 heavy (non-hydrogen) atoms. The van der Waals surface area contributed by atoms with Crippen LogP contribution in [0, 0.1) is 6.92 Å². The van der Waals surface area contributed by atoms with Crippen LogP contribution in [0.2, 0.25) is 0 Å². The van der Waals surface area contributed by atoms with E-state index in [9.17, 15) is 9.59 Å². The first-order valence-electron chi connectivity index (χ1n) is 9.95. The maximum Gasteiger partial charge on any atom is 0.262 e. The van der Waals surface area contributed by atoms with Gasteiger partial charge in [-0.05, 0) is 30.5 Å². The Morgan fingerprint density at radius 2 is 1.87 bits per heavy atom. The molecule has 152 valence electrons. The van der Waals surface area contributed by atoms with Crippen molar-refractivity contribution in [2.24, 2.45) is 0 Å². The van der Waals surface area contributed by atoms with Crippen molar-refractivity contribution >= 4 is 27.5 Å². The molecule has 2 aromatic carbocycles. The van der Waals surface area contributed by atoms with E-state index in [4.69, 9.17) is 0 Å². The van der Waals surface area contributed by atoms with E-state index in [1.54, 1.807) is 0 Å². The Labute approximate surface area is 179 Å². The van der Waals surface area contributed by atoms with Gasteiger partial charge in [-0.2, -0.15) is 0 Å². The molecular weight excluding hydrogens is 394 g/mol. The van der Waals surface area contributed by atoms with Crippen molar-refractivity contribution in [3.05, 3.63) is 88.5 Å². The number of rotatable bonds is 6. The standard InChI is InChI=1S/C24H23N3O2S/c1-3-20(17-11-9-16(2)10-12-17)26-22(28)14-27-15-25-23-19(24(27)29)13-21(30-23)18-7-5-4-6-8-18/h4-13,15,20H,3,14H2,1-2H3,(H,26,28)/t20-/m0/s1. The van der Waals surface area contributed by atoms with Crippen molar-refractivity contribution in [1.29, 1.82) is 0 Å². The Balaban J connectivity index is 1.54. The van der Waals surface area contributed by atoms with Crippen molar-refractivity contribution in [2.45, 2.75) is 32.9 Å². The Hall–Kier alpha value is -3.25. The number of aromatic nitrogens is 2. The molecule has 4 aromatic rings. The van der Waals surface area contributed by atoms with Crippen LogP contribution in [0.5, 0.6) is 0 Å². The number of amides is 1. The van der Waals surface area contributed by atoms with Gasteiger partial charge in [0.2, 0.25) is 5.91 Å². The molecule has 2 aromatic heterocycles. The number of fused-ring (bicyclic) bond motifs is 1. The van der Waals surface area contributed by atoms with Gasteiger partial charge in [-0.3, -0.25) is 14.2 Å². The van der Waals surface area contributed by atoms with Crippen molar-refractivity contribution in [2.75, 3.05) is 0 Å². The van der Waals surface area contributed by atoms with Crippen LogP contribution in [0.4, 0.5) is 0 Å². The summed E-state index contributed by atoms with van der Waals surface area (Å²) in [6.45, 7) is 4.01. The lowest BCUT2D eigenvalue weighted by molar-refractivity contribution is -0.122. The molecule has 1 atom stereocenters. The third-order valence-corrected chi connectivity index (χ3v) is 6.21. The number of nitrogens with zero attached hydrogens (tertiary/aromatic N) is 2. The SMILES string of the molecule is CC[C@H](NC(=O)Cn1cnc2sc(-c3ccccc3)cc2c1=O)c1ccc(C)cc1. The Kier molecular flexibility index (Phi) is 5.77. The molecule has 0 aliphatic carbocycles. The number of thiophene rings is 1. The van der Waals surface area contributed by atoms with Gasteiger partial charge in [0.1, 0.15) is 11.4 Å². The number of benzene rings is 2. The first-order chi connectivity index (χ1) is 14.5. The number of carbonyl (C=O) groups is 1. The third kappa shape index (κ3) is 4.19. The van der Waals surface area contributed by atoms with Gasteiger partial charge in [-0.15, -0.1) is 11.3 Å². The van der Waals surface area contributed by atoms with Gasteiger partial charge in [0.25, 0.3) is 5.56 Å². The van der Waals surface area contributed by atoms with Crippen LogP contribution >= 0.6 is 11.3 Å². The maximum absolute atomic E-state index is 12.9. The van der Waals surface area contributed by atoms with E-state index in [-0.39, 0.29) is 24.1 Å². The highest BCUT2D eigenvalue weighted by Crippen LogP contribution is 2.30. The first-order valence-corrected chi connectivity index (χ1v) is 10.8. The predicted molar refractivity (Wildman–Crippen MR) is 122 cm³/mol. The van der Waals surface area contributed by atoms with E-state index in [0.717, 1.165) is 22.4 Å². The molecule has 0 aliphatic heterocycles. The van der Waals surface area contributed by atoms with Crippen molar-refractivity contribution in [3.63, 3.8) is 0 Å². The van der Waals surface area contributed by atoms with Crippen molar-refractivity contribution in [3.8, 4) is 10.4 Å². The van der Waals surface area contributed by atoms with E-state index < -0.39 is 0 Å². The van der Waals surface area contributed by atoms with Gasteiger partial charge in [-0.1, -0.05) is 67.1 Å². The fraction of sp³-hybridized carbons (Fsp3) is 0.208. The summed E-state index contributed by atoms with van der Waals surface area (Å²) in [5.74, 6) is -0.204. The average molecular weight is 418 g/mol. The minimum atomic E-state index is -0.204. The molecule has 0 bridgehead atoms. The van der Waals surface area contributed by atoms with Gasteiger partial charge in [0.05, 0.1) is 17.8 Å². The first kappa shape index (κ1) is 20.0. The van der Waals surface area contributed by atoms with E-state index in [1.807, 2.05) is 74.5 Å². The van der Waals surface area contributed by atoms with Gasteiger partial charge in [0.15, 0.2) is 0 Å². The molecule has 4 rings (SSSR count). The highest BCUT2D eigenvalue weighted by molar-refractivity contribution is 7.21. The zero-order chi connectivity index (χ0) is 21.1. The summed E-state index contributed by atoms with van der Waals surface area (Å²) in [5.41, 5.74) is 3.09. The Morgan fingerprint density at radius 1 is 1.13 bits per heavy atom. The molecule has 0 unspecified atom stereocenters. The Bertz CT molecular complexity index is 1230. The van der Waals surface area contributed by atoms with Crippen LogP contribution in [0.1, 0.15) is 30.5 Å². The summed E-state index contributed by atoms with van der Waals surface area (Å²) < 4.78 is 1.38. The zero-order valence-electron chi connectivity index (χ0n) is 17.0. The second kappa shape index (κ2) is 8.63. The smallest absolute Gasteiger partial charge is 0.262 e. The van der Waals surface area contributed by atoms with Crippen molar-refractivity contribution in [1.82, 2.24) is 14.9 Å². The molecule has 1 N–H and O–H groups in total. The summed E-state index contributed by atoms with van der Waals surface area (Å²) >= 11 is 1.48. The summed E-state index contributed by atoms with van der Waals surface area (Å²) in [7, 11) is 0. The number of hydrogen-bond acceptors (Lipinski definition) is 4. The minimum absolute atomic E-state index is 0.0549. The lowest BCUT2D eigenvalue weighted by Gasteiger charge is -2.18. The van der Waals surface area contributed by atoms with Gasteiger partial charge >= 0.3 is 0 Å². The highest BCUT2D eigenvalue weighted by atomic mass is 32.1.